The maximum absolute atomic E-state index is 13.8. The van der Waals surface area contributed by atoms with E-state index in [9.17, 15) is 4.79 Å². The van der Waals surface area contributed by atoms with Crippen molar-refractivity contribution in [1.29, 1.82) is 0 Å². The van der Waals surface area contributed by atoms with E-state index >= 15 is 0 Å². The summed E-state index contributed by atoms with van der Waals surface area (Å²) < 4.78 is 3.51. The summed E-state index contributed by atoms with van der Waals surface area (Å²) in [5.41, 5.74) is 1.97. The quantitative estimate of drug-likeness (QED) is 0.468. The van der Waals surface area contributed by atoms with Gasteiger partial charge in [0, 0.05) is 61.0 Å². The molecule has 1 saturated carbocycles. The van der Waals surface area contributed by atoms with Crippen LogP contribution in [0.2, 0.25) is 10.2 Å². The second-order valence-corrected chi connectivity index (χ2v) is 12.8. The van der Waals surface area contributed by atoms with Gasteiger partial charge >= 0.3 is 0 Å². The summed E-state index contributed by atoms with van der Waals surface area (Å²) in [6.07, 6.45) is 12.6. The fourth-order valence-corrected chi connectivity index (χ4v) is 7.57. The van der Waals surface area contributed by atoms with Crippen molar-refractivity contribution in [3.63, 3.8) is 0 Å². The highest BCUT2D eigenvalue weighted by Gasteiger charge is 2.37. The highest BCUT2D eigenvalue weighted by atomic mass is 35.5. The van der Waals surface area contributed by atoms with Crippen LogP contribution in [0.5, 0.6) is 0 Å². The van der Waals surface area contributed by atoms with E-state index in [1.54, 1.807) is 29.3 Å². The molecule has 2 saturated heterocycles. The molecule has 3 aliphatic rings. The Kier molecular flexibility index (Phi) is 9.07. The first-order valence-electron chi connectivity index (χ1n) is 15.1. The molecule has 1 N–H and O–H groups in total. The Hall–Kier alpha value is -2.30. The first kappa shape index (κ1) is 28.8. The second kappa shape index (κ2) is 12.9. The zero-order chi connectivity index (χ0) is 28.3. The topological polar surface area (TPSA) is 84.1 Å². The Bertz CT molecular complexity index is 1390. The summed E-state index contributed by atoms with van der Waals surface area (Å²) in [7, 11) is 2.24. The molecular formula is C30H40Cl2N8O. The van der Waals surface area contributed by atoms with Crippen LogP contribution in [-0.2, 0) is 0 Å². The van der Waals surface area contributed by atoms with E-state index in [-0.39, 0.29) is 16.8 Å². The third-order valence-electron chi connectivity index (χ3n) is 9.31. The molecule has 11 heteroatoms. The lowest BCUT2D eigenvalue weighted by Gasteiger charge is -2.47. The molecule has 1 aromatic carbocycles. The number of aromatic nitrogens is 5. The first-order valence-corrected chi connectivity index (χ1v) is 15.8. The summed E-state index contributed by atoms with van der Waals surface area (Å²) in [6.45, 7) is 5.49. The number of nitrogens with zero attached hydrogens (tertiary/aromatic N) is 7. The van der Waals surface area contributed by atoms with Crippen LogP contribution < -0.4 is 10.9 Å². The predicted molar refractivity (Wildman–Crippen MR) is 163 cm³/mol. The van der Waals surface area contributed by atoms with Crippen LogP contribution in [0, 0.1) is 5.92 Å². The normalized spacial score (nSPS) is 26.9. The van der Waals surface area contributed by atoms with Crippen LogP contribution in [-0.4, -0.2) is 86.2 Å². The van der Waals surface area contributed by atoms with E-state index in [4.69, 9.17) is 28.2 Å². The average molecular weight is 600 g/mol. The molecule has 0 amide bonds. The van der Waals surface area contributed by atoms with Gasteiger partial charge in [-0.2, -0.15) is 0 Å². The highest BCUT2D eigenvalue weighted by Crippen LogP contribution is 2.38. The Labute approximate surface area is 251 Å². The molecule has 6 rings (SSSR count). The van der Waals surface area contributed by atoms with Crippen molar-refractivity contribution < 1.29 is 0 Å². The van der Waals surface area contributed by atoms with Crippen LogP contribution >= 0.6 is 23.2 Å². The van der Waals surface area contributed by atoms with Crippen molar-refractivity contribution in [3.05, 3.63) is 57.3 Å². The van der Waals surface area contributed by atoms with Gasteiger partial charge in [0.25, 0.3) is 5.56 Å². The van der Waals surface area contributed by atoms with Crippen molar-refractivity contribution in [1.82, 2.24) is 39.7 Å². The average Bonchev–Trinajstić information content (AvgIpc) is 3.40. The molecule has 220 valence electrons. The van der Waals surface area contributed by atoms with E-state index in [1.165, 1.54) is 25.7 Å². The first-order chi connectivity index (χ1) is 20.0. The number of likely N-dealkylation sites (N-methyl/N-ethyl adjacent to an activating group) is 1. The van der Waals surface area contributed by atoms with Crippen LogP contribution in [0.25, 0.3) is 16.9 Å². The van der Waals surface area contributed by atoms with Gasteiger partial charge in [-0.1, -0.05) is 47.7 Å². The fraction of sp³-hybridized carbons (Fsp3) is 0.600. The molecule has 2 unspecified atom stereocenters. The summed E-state index contributed by atoms with van der Waals surface area (Å²) in [6, 6.07) is 8.35. The predicted octanol–water partition coefficient (Wildman–Crippen LogP) is 4.68. The minimum atomic E-state index is -0.0203. The zero-order valence-corrected chi connectivity index (χ0v) is 25.3. The van der Waals surface area contributed by atoms with E-state index in [0.717, 1.165) is 58.4 Å². The number of piperazine rings is 1. The van der Waals surface area contributed by atoms with Crippen molar-refractivity contribution in [3.8, 4) is 16.9 Å². The van der Waals surface area contributed by atoms with Crippen molar-refractivity contribution in [2.45, 2.75) is 69.5 Å². The van der Waals surface area contributed by atoms with E-state index in [2.05, 4.69) is 32.5 Å². The molecule has 0 spiro atoms. The highest BCUT2D eigenvalue weighted by molar-refractivity contribution is 6.31. The van der Waals surface area contributed by atoms with Gasteiger partial charge in [0.2, 0.25) is 0 Å². The van der Waals surface area contributed by atoms with Gasteiger partial charge in [-0.15, -0.1) is 5.10 Å². The van der Waals surface area contributed by atoms with Gasteiger partial charge in [-0.3, -0.25) is 14.3 Å². The summed E-state index contributed by atoms with van der Waals surface area (Å²) in [4.78, 5) is 23.9. The van der Waals surface area contributed by atoms with Crippen LogP contribution in [0.3, 0.4) is 0 Å². The van der Waals surface area contributed by atoms with Crippen LogP contribution in [0.1, 0.15) is 57.4 Å². The smallest absolute Gasteiger partial charge is 0.254 e. The van der Waals surface area contributed by atoms with Crippen molar-refractivity contribution >= 4 is 23.2 Å². The lowest BCUT2D eigenvalue weighted by molar-refractivity contribution is 0.0209. The SMILES string of the molecule is CN1CCN2C3CCCC(C3)[C@@H](n3cnc(-c4cc(Cl)ccc4-n4cc(Cl)nn4)cc3=O)CCCCCNC[C@@H]2C1. The lowest BCUT2D eigenvalue weighted by Crippen LogP contribution is -2.59. The lowest BCUT2D eigenvalue weighted by atomic mass is 9.78. The van der Waals surface area contributed by atoms with Gasteiger partial charge in [-0.05, 0) is 69.8 Å². The van der Waals surface area contributed by atoms with Gasteiger partial charge in [0.15, 0.2) is 5.15 Å². The number of fused-ring (bicyclic) bond motifs is 4. The van der Waals surface area contributed by atoms with E-state index < -0.39 is 0 Å². The molecule has 0 radical (unpaired) electrons. The standard InChI is InChI=1S/C30H40Cl2N8O/c1-37-12-13-38-23-7-5-6-21(14-23)27(8-3-2-4-11-33-17-24(38)18-37)39-20-34-26(16-30(39)41)25-15-22(31)9-10-28(25)40-19-29(32)35-36-40/h9-10,15-16,19-21,23-24,27,33H,2-8,11-14,17-18H2,1H3/t21?,23?,24-,27+/m1/s1. The van der Waals surface area contributed by atoms with Crippen molar-refractivity contribution in [2.24, 2.45) is 5.92 Å². The Morgan fingerprint density at radius 2 is 1.90 bits per heavy atom. The Balaban J connectivity index is 1.30. The van der Waals surface area contributed by atoms with Gasteiger partial charge in [-0.25, -0.2) is 9.67 Å². The van der Waals surface area contributed by atoms with Crippen molar-refractivity contribution in [2.75, 3.05) is 39.8 Å². The minimum Gasteiger partial charge on any atom is -0.315 e. The van der Waals surface area contributed by atoms with Gasteiger partial charge < -0.3 is 10.2 Å². The number of nitrogens with one attached hydrogen (secondary N) is 1. The third-order valence-corrected chi connectivity index (χ3v) is 9.71. The van der Waals surface area contributed by atoms with E-state index in [1.807, 2.05) is 16.7 Å². The number of hydrogen-bond donors (Lipinski definition) is 1. The molecule has 4 heterocycles. The monoisotopic (exact) mass is 598 g/mol. The maximum atomic E-state index is 13.8. The Morgan fingerprint density at radius 3 is 2.73 bits per heavy atom. The minimum absolute atomic E-state index is 0.0203. The number of hydrogen-bond acceptors (Lipinski definition) is 7. The largest absolute Gasteiger partial charge is 0.315 e. The summed E-state index contributed by atoms with van der Waals surface area (Å²) in [5, 5.41) is 12.6. The molecule has 3 aromatic rings. The fourth-order valence-electron chi connectivity index (χ4n) is 7.27. The van der Waals surface area contributed by atoms with E-state index in [0.29, 0.717) is 40.0 Å². The molecule has 41 heavy (non-hydrogen) atoms. The number of rotatable bonds is 3. The van der Waals surface area contributed by atoms with Crippen LogP contribution in [0.4, 0.5) is 0 Å². The third kappa shape index (κ3) is 6.54. The molecule has 3 fully saturated rings. The Morgan fingerprint density at radius 1 is 1.00 bits per heavy atom. The van der Waals surface area contributed by atoms with Crippen LogP contribution in [0.15, 0.2) is 41.6 Å². The maximum Gasteiger partial charge on any atom is 0.254 e. The summed E-state index contributed by atoms with van der Waals surface area (Å²) in [5.74, 6) is 0.465. The number of halogens is 2. The molecule has 2 aliphatic heterocycles. The molecule has 1 aliphatic carbocycles. The summed E-state index contributed by atoms with van der Waals surface area (Å²) >= 11 is 12.4. The van der Waals surface area contributed by atoms with Gasteiger partial charge in [0.1, 0.15) is 0 Å². The number of benzene rings is 1. The van der Waals surface area contributed by atoms with Gasteiger partial charge in [0.05, 0.1) is 23.9 Å². The molecule has 4 atom stereocenters. The molecular weight excluding hydrogens is 559 g/mol. The molecule has 9 nitrogen and oxygen atoms in total. The molecule has 2 bridgehead atoms. The zero-order valence-electron chi connectivity index (χ0n) is 23.8. The molecule has 2 aromatic heterocycles. The second-order valence-electron chi connectivity index (χ2n) is 12.0.